The van der Waals surface area contributed by atoms with Crippen molar-refractivity contribution in [3.05, 3.63) is 48.5 Å². The van der Waals surface area contributed by atoms with Crippen molar-refractivity contribution >= 4 is 0 Å². The number of nitrogens with zero attached hydrogens (tertiary/aromatic N) is 5. The number of aromatic nitrogens is 5. The van der Waals surface area contributed by atoms with Crippen LogP contribution in [0.25, 0.3) is 17.1 Å². The molecule has 0 bridgehead atoms. The van der Waals surface area contributed by atoms with Gasteiger partial charge in [-0.25, -0.2) is 14.3 Å². The zero-order chi connectivity index (χ0) is 13.9. The maximum absolute atomic E-state index is 9.10. The van der Waals surface area contributed by atoms with Crippen LogP contribution in [0, 0.1) is 6.92 Å². The maximum atomic E-state index is 9.10. The normalized spacial score (nSPS) is 10.9. The summed E-state index contributed by atoms with van der Waals surface area (Å²) in [7, 11) is 0. The summed E-state index contributed by atoms with van der Waals surface area (Å²) in [5.74, 6) is 1.45. The van der Waals surface area contributed by atoms with Crippen LogP contribution in [0.4, 0.5) is 0 Å². The minimum Gasteiger partial charge on any atom is -0.394 e. The van der Waals surface area contributed by atoms with Gasteiger partial charge >= 0.3 is 0 Å². The van der Waals surface area contributed by atoms with Crippen LogP contribution in [0.15, 0.2) is 42.7 Å². The van der Waals surface area contributed by atoms with Crippen LogP contribution in [-0.2, 0) is 6.54 Å². The van der Waals surface area contributed by atoms with E-state index in [1.807, 2.05) is 43.5 Å². The van der Waals surface area contributed by atoms with Gasteiger partial charge in [-0.15, -0.1) is 0 Å². The second-order valence-electron chi connectivity index (χ2n) is 4.43. The number of rotatable bonds is 4. The Morgan fingerprint density at radius 3 is 2.90 bits per heavy atom. The lowest BCUT2D eigenvalue weighted by Crippen LogP contribution is -2.06. The fourth-order valence-corrected chi connectivity index (χ4v) is 2.13. The first-order valence-corrected chi connectivity index (χ1v) is 6.40. The predicted molar refractivity (Wildman–Crippen MR) is 74.4 cm³/mol. The van der Waals surface area contributed by atoms with E-state index in [2.05, 4.69) is 15.2 Å². The number of aryl methyl sites for hydroxylation is 1. The minimum atomic E-state index is 0.0364. The fraction of sp³-hybridized carbons (Fsp3) is 0.214. The Bertz CT molecular complexity index is 702. The number of benzene rings is 1. The van der Waals surface area contributed by atoms with E-state index in [1.165, 1.54) is 0 Å². The monoisotopic (exact) mass is 269 g/mol. The first kappa shape index (κ1) is 12.6. The Hall–Kier alpha value is -2.47. The van der Waals surface area contributed by atoms with Crippen molar-refractivity contribution in [1.82, 2.24) is 24.5 Å². The second kappa shape index (κ2) is 5.26. The van der Waals surface area contributed by atoms with Gasteiger partial charge in [-0.3, -0.25) is 0 Å². The Labute approximate surface area is 116 Å². The van der Waals surface area contributed by atoms with Crippen LogP contribution in [0.3, 0.4) is 0 Å². The molecule has 3 aromatic rings. The van der Waals surface area contributed by atoms with E-state index in [0.717, 1.165) is 17.1 Å². The highest BCUT2D eigenvalue weighted by atomic mass is 16.3. The van der Waals surface area contributed by atoms with E-state index in [-0.39, 0.29) is 6.61 Å². The third-order valence-electron chi connectivity index (χ3n) is 2.96. The average molecular weight is 269 g/mol. The molecule has 0 atom stereocenters. The predicted octanol–water partition coefficient (Wildman–Crippen LogP) is 1.43. The largest absolute Gasteiger partial charge is 0.394 e. The molecule has 0 aliphatic heterocycles. The van der Waals surface area contributed by atoms with Gasteiger partial charge in [0.05, 0.1) is 18.8 Å². The van der Waals surface area contributed by atoms with E-state index >= 15 is 0 Å². The third kappa shape index (κ3) is 2.33. The van der Waals surface area contributed by atoms with Crippen LogP contribution >= 0.6 is 0 Å². The molecule has 0 aliphatic rings. The molecule has 102 valence electrons. The van der Waals surface area contributed by atoms with Gasteiger partial charge in [0.15, 0.2) is 5.82 Å². The lowest BCUT2D eigenvalue weighted by atomic mass is 10.2. The molecule has 0 spiro atoms. The molecule has 0 amide bonds. The third-order valence-corrected chi connectivity index (χ3v) is 2.96. The van der Waals surface area contributed by atoms with E-state index in [4.69, 9.17) is 5.11 Å². The fourth-order valence-electron chi connectivity index (χ4n) is 2.13. The summed E-state index contributed by atoms with van der Waals surface area (Å²) < 4.78 is 3.51. The summed E-state index contributed by atoms with van der Waals surface area (Å²) in [6.45, 7) is 2.31. The quantitative estimate of drug-likeness (QED) is 0.778. The molecule has 6 heteroatoms. The molecule has 0 saturated heterocycles. The molecule has 2 heterocycles. The Morgan fingerprint density at radius 2 is 2.15 bits per heavy atom. The van der Waals surface area contributed by atoms with Gasteiger partial charge in [-0.1, -0.05) is 12.1 Å². The Kier molecular flexibility index (Phi) is 3.30. The van der Waals surface area contributed by atoms with E-state index < -0.39 is 0 Å². The van der Waals surface area contributed by atoms with Gasteiger partial charge in [-0.05, 0) is 25.1 Å². The molecule has 1 aromatic carbocycles. The topological polar surface area (TPSA) is 68.8 Å². The van der Waals surface area contributed by atoms with Gasteiger partial charge in [-0.2, -0.15) is 10.2 Å². The highest BCUT2D eigenvalue weighted by molar-refractivity contribution is 5.59. The highest BCUT2D eigenvalue weighted by Gasteiger charge is 2.10. The SMILES string of the molecule is Cc1nc(-c2cccc(-n3cccn3)c2)n(CCO)n1. The molecule has 0 unspecified atom stereocenters. The van der Waals surface area contributed by atoms with Crippen molar-refractivity contribution in [2.75, 3.05) is 6.61 Å². The average Bonchev–Trinajstić information content (AvgIpc) is 3.09. The van der Waals surface area contributed by atoms with E-state index in [9.17, 15) is 0 Å². The van der Waals surface area contributed by atoms with E-state index in [1.54, 1.807) is 15.6 Å². The smallest absolute Gasteiger partial charge is 0.158 e. The van der Waals surface area contributed by atoms with Crippen molar-refractivity contribution in [3.8, 4) is 17.1 Å². The molecule has 20 heavy (non-hydrogen) atoms. The molecule has 0 saturated carbocycles. The van der Waals surface area contributed by atoms with Gasteiger partial charge in [0.25, 0.3) is 0 Å². The first-order valence-electron chi connectivity index (χ1n) is 6.40. The van der Waals surface area contributed by atoms with Crippen molar-refractivity contribution in [3.63, 3.8) is 0 Å². The van der Waals surface area contributed by atoms with Crippen LogP contribution in [-0.4, -0.2) is 36.3 Å². The van der Waals surface area contributed by atoms with Crippen LogP contribution in [0.5, 0.6) is 0 Å². The molecule has 0 radical (unpaired) electrons. The lowest BCUT2D eigenvalue weighted by Gasteiger charge is -2.06. The van der Waals surface area contributed by atoms with Crippen LogP contribution in [0.2, 0.25) is 0 Å². The molecular formula is C14H15N5O. The standard InChI is InChI=1S/C14H15N5O/c1-11-16-14(19(17-11)8-9-20)12-4-2-5-13(10-12)18-7-3-6-15-18/h2-7,10,20H,8-9H2,1H3. The molecule has 0 fully saturated rings. The summed E-state index contributed by atoms with van der Waals surface area (Å²) in [4.78, 5) is 4.43. The van der Waals surface area contributed by atoms with E-state index in [0.29, 0.717) is 12.4 Å². The summed E-state index contributed by atoms with van der Waals surface area (Å²) in [6.07, 6.45) is 3.63. The van der Waals surface area contributed by atoms with Crippen LogP contribution in [0.1, 0.15) is 5.82 Å². The van der Waals surface area contributed by atoms with Crippen molar-refractivity contribution in [2.24, 2.45) is 0 Å². The van der Waals surface area contributed by atoms with Gasteiger partial charge in [0.1, 0.15) is 5.82 Å². The molecule has 3 rings (SSSR count). The van der Waals surface area contributed by atoms with Crippen molar-refractivity contribution < 1.29 is 5.11 Å². The Balaban J connectivity index is 2.04. The number of hydrogen-bond donors (Lipinski definition) is 1. The first-order chi connectivity index (χ1) is 9.78. The molecule has 2 aromatic heterocycles. The molecule has 6 nitrogen and oxygen atoms in total. The summed E-state index contributed by atoms with van der Waals surface area (Å²) in [6, 6.07) is 9.80. The van der Waals surface area contributed by atoms with Crippen LogP contribution < -0.4 is 0 Å². The molecular weight excluding hydrogens is 254 g/mol. The van der Waals surface area contributed by atoms with Gasteiger partial charge in [0, 0.05) is 18.0 Å². The number of aliphatic hydroxyl groups excluding tert-OH is 1. The lowest BCUT2D eigenvalue weighted by molar-refractivity contribution is 0.270. The highest BCUT2D eigenvalue weighted by Crippen LogP contribution is 2.20. The minimum absolute atomic E-state index is 0.0364. The van der Waals surface area contributed by atoms with Crippen molar-refractivity contribution in [1.29, 1.82) is 0 Å². The molecule has 1 N–H and O–H groups in total. The number of aliphatic hydroxyl groups is 1. The summed E-state index contributed by atoms with van der Waals surface area (Å²) in [5, 5.41) is 17.6. The summed E-state index contributed by atoms with van der Waals surface area (Å²) in [5.41, 5.74) is 1.91. The number of hydrogen-bond acceptors (Lipinski definition) is 4. The van der Waals surface area contributed by atoms with Crippen molar-refractivity contribution in [2.45, 2.75) is 13.5 Å². The Morgan fingerprint density at radius 1 is 1.25 bits per heavy atom. The van der Waals surface area contributed by atoms with Gasteiger partial charge in [0.2, 0.25) is 0 Å². The summed E-state index contributed by atoms with van der Waals surface area (Å²) >= 11 is 0. The van der Waals surface area contributed by atoms with Gasteiger partial charge < -0.3 is 5.11 Å². The second-order valence-corrected chi connectivity index (χ2v) is 4.43. The molecule has 0 aliphatic carbocycles. The maximum Gasteiger partial charge on any atom is 0.158 e. The zero-order valence-corrected chi connectivity index (χ0v) is 11.1. The zero-order valence-electron chi connectivity index (χ0n) is 11.1.